The van der Waals surface area contributed by atoms with E-state index in [9.17, 15) is 4.79 Å². The molecule has 0 unspecified atom stereocenters. The standard InChI is InChI=1S/C15H25N3OS/c1-3-15(4-2,11-16)14(19)18-8-5-12(6-9-18)13-17-7-10-20-13/h7,10,12H,3-6,8-9,11,16H2,1-2H3. The molecule has 0 atom stereocenters. The van der Waals surface area contributed by atoms with Gasteiger partial charge in [0.25, 0.3) is 0 Å². The molecule has 0 bridgehead atoms. The van der Waals surface area contributed by atoms with Crippen LogP contribution in [-0.2, 0) is 4.79 Å². The zero-order valence-electron chi connectivity index (χ0n) is 12.5. The first-order valence-electron chi connectivity index (χ1n) is 7.55. The van der Waals surface area contributed by atoms with Gasteiger partial charge in [0.15, 0.2) is 0 Å². The molecule has 2 N–H and O–H groups in total. The predicted molar refractivity (Wildman–Crippen MR) is 82.7 cm³/mol. The number of nitrogens with two attached hydrogens (primary N) is 1. The first-order chi connectivity index (χ1) is 9.66. The van der Waals surface area contributed by atoms with Crippen LogP contribution in [0.15, 0.2) is 11.6 Å². The average Bonchev–Trinajstić information content (AvgIpc) is 3.04. The molecule has 2 heterocycles. The molecule has 0 aromatic carbocycles. The van der Waals surface area contributed by atoms with E-state index in [1.165, 1.54) is 5.01 Å². The van der Waals surface area contributed by atoms with Crippen LogP contribution in [0, 0.1) is 5.41 Å². The second-order valence-corrected chi connectivity index (χ2v) is 6.55. The summed E-state index contributed by atoms with van der Waals surface area (Å²) in [6.45, 7) is 6.26. The molecule has 1 aromatic heterocycles. The number of piperidine rings is 1. The lowest BCUT2D eigenvalue weighted by molar-refractivity contribution is -0.143. The minimum atomic E-state index is -0.353. The Kier molecular flexibility index (Phi) is 5.16. The quantitative estimate of drug-likeness (QED) is 0.908. The molecule has 5 heteroatoms. The molecular formula is C15H25N3OS. The van der Waals surface area contributed by atoms with Crippen molar-refractivity contribution in [2.45, 2.75) is 45.4 Å². The number of likely N-dealkylation sites (tertiary alicyclic amines) is 1. The predicted octanol–water partition coefficient (Wildman–Crippen LogP) is 2.61. The van der Waals surface area contributed by atoms with Crippen LogP contribution in [0.5, 0.6) is 0 Å². The van der Waals surface area contributed by atoms with E-state index >= 15 is 0 Å². The number of rotatable bonds is 5. The first kappa shape index (κ1) is 15.4. The van der Waals surface area contributed by atoms with Gasteiger partial charge in [-0.15, -0.1) is 11.3 Å². The lowest BCUT2D eigenvalue weighted by Gasteiger charge is -2.38. The van der Waals surface area contributed by atoms with Crippen molar-refractivity contribution in [3.05, 3.63) is 16.6 Å². The third kappa shape index (κ3) is 2.88. The number of amides is 1. The molecule has 1 aliphatic heterocycles. The van der Waals surface area contributed by atoms with Crippen LogP contribution in [0.4, 0.5) is 0 Å². The Hall–Kier alpha value is -0.940. The summed E-state index contributed by atoms with van der Waals surface area (Å²) in [5, 5.41) is 3.24. The molecule has 1 amide bonds. The molecule has 4 nitrogen and oxygen atoms in total. The minimum absolute atomic E-state index is 0.252. The summed E-state index contributed by atoms with van der Waals surface area (Å²) in [4.78, 5) is 19.2. The van der Waals surface area contributed by atoms with Gasteiger partial charge in [0, 0.05) is 37.1 Å². The van der Waals surface area contributed by atoms with Gasteiger partial charge in [0.05, 0.1) is 10.4 Å². The Labute approximate surface area is 125 Å². The van der Waals surface area contributed by atoms with Crippen LogP contribution in [-0.4, -0.2) is 35.4 Å². The zero-order chi connectivity index (χ0) is 14.6. The van der Waals surface area contributed by atoms with Crippen molar-refractivity contribution in [3.8, 4) is 0 Å². The monoisotopic (exact) mass is 295 g/mol. The smallest absolute Gasteiger partial charge is 0.230 e. The highest BCUT2D eigenvalue weighted by atomic mass is 32.1. The molecule has 1 aromatic rings. The largest absolute Gasteiger partial charge is 0.342 e. The Bertz CT molecular complexity index is 412. The van der Waals surface area contributed by atoms with Crippen molar-refractivity contribution in [1.82, 2.24) is 9.88 Å². The first-order valence-corrected chi connectivity index (χ1v) is 8.43. The summed E-state index contributed by atoms with van der Waals surface area (Å²) >= 11 is 1.72. The lowest BCUT2D eigenvalue weighted by Crippen LogP contribution is -2.49. The minimum Gasteiger partial charge on any atom is -0.342 e. The van der Waals surface area contributed by atoms with Crippen LogP contribution < -0.4 is 5.73 Å². The topological polar surface area (TPSA) is 59.2 Å². The van der Waals surface area contributed by atoms with Crippen molar-refractivity contribution < 1.29 is 4.79 Å². The van der Waals surface area contributed by atoms with Crippen molar-refractivity contribution in [2.24, 2.45) is 11.1 Å². The summed E-state index contributed by atoms with van der Waals surface area (Å²) in [7, 11) is 0. The van der Waals surface area contributed by atoms with E-state index in [0.717, 1.165) is 38.8 Å². The summed E-state index contributed by atoms with van der Waals surface area (Å²) in [6.07, 6.45) is 5.56. The Morgan fingerprint density at radius 2 is 2.10 bits per heavy atom. The lowest BCUT2D eigenvalue weighted by atomic mass is 9.80. The number of carbonyl (C=O) groups is 1. The second-order valence-electron chi connectivity index (χ2n) is 5.63. The van der Waals surface area contributed by atoms with Gasteiger partial charge in [0.2, 0.25) is 5.91 Å². The van der Waals surface area contributed by atoms with Crippen LogP contribution >= 0.6 is 11.3 Å². The molecule has 0 aliphatic carbocycles. The summed E-state index contributed by atoms with van der Waals surface area (Å²) in [5.41, 5.74) is 5.53. The van der Waals surface area contributed by atoms with E-state index in [-0.39, 0.29) is 11.3 Å². The maximum absolute atomic E-state index is 12.7. The Morgan fingerprint density at radius 1 is 1.45 bits per heavy atom. The van der Waals surface area contributed by atoms with Crippen molar-refractivity contribution in [3.63, 3.8) is 0 Å². The molecular weight excluding hydrogens is 270 g/mol. The van der Waals surface area contributed by atoms with Crippen molar-refractivity contribution >= 4 is 17.2 Å². The highest BCUT2D eigenvalue weighted by Gasteiger charge is 2.38. The van der Waals surface area contributed by atoms with Crippen molar-refractivity contribution in [1.29, 1.82) is 0 Å². The van der Waals surface area contributed by atoms with E-state index in [4.69, 9.17) is 5.73 Å². The molecule has 1 aliphatic rings. The number of hydrogen-bond acceptors (Lipinski definition) is 4. The highest BCUT2D eigenvalue weighted by molar-refractivity contribution is 7.09. The second kappa shape index (κ2) is 6.68. The fourth-order valence-corrected chi connectivity index (χ4v) is 3.84. The van der Waals surface area contributed by atoms with Crippen LogP contribution in [0.1, 0.15) is 50.5 Å². The highest BCUT2D eigenvalue weighted by Crippen LogP contribution is 2.33. The molecule has 0 spiro atoms. The van der Waals surface area contributed by atoms with E-state index < -0.39 is 0 Å². The van der Waals surface area contributed by atoms with Gasteiger partial charge >= 0.3 is 0 Å². The van der Waals surface area contributed by atoms with Gasteiger partial charge in [-0.1, -0.05) is 13.8 Å². The van der Waals surface area contributed by atoms with Crippen molar-refractivity contribution in [2.75, 3.05) is 19.6 Å². The fourth-order valence-electron chi connectivity index (χ4n) is 3.03. The Balaban J connectivity index is 1.98. The number of thiazole rings is 1. The number of hydrogen-bond donors (Lipinski definition) is 1. The maximum Gasteiger partial charge on any atom is 0.230 e. The number of aromatic nitrogens is 1. The van der Waals surface area contributed by atoms with Gasteiger partial charge < -0.3 is 10.6 Å². The average molecular weight is 295 g/mol. The molecule has 112 valence electrons. The van der Waals surface area contributed by atoms with E-state index in [2.05, 4.69) is 18.8 Å². The zero-order valence-corrected chi connectivity index (χ0v) is 13.3. The van der Waals surface area contributed by atoms with Crippen LogP contribution in [0.3, 0.4) is 0 Å². The maximum atomic E-state index is 12.7. The summed E-state index contributed by atoms with van der Waals surface area (Å²) < 4.78 is 0. The number of carbonyl (C=O) groups excluding carboxylic acids is 1. The SMILES string of the molecule is CCC(CC)(CN)C(=O)N1CCC(c2nccs2)CC1. The summed E-state index contributed by atoms with van der Waals surface area (Å²) in [5.74, 6) is 0.775. The van der Waals surface area contributed by atoms with Gasteiger partial charge in [-0.25, -0.2) is 4.98 Å². The normalized spacial score (nSPS) is 17.4. The summed E-state index contributed by atoms with van der Waals surface area (Å²) in [6, 6.07) is 0. The third-order valence-electron chi connectivity index (χ3n) is 4.78. The van der Waals surface area contributed by atoms with E-state index in [1.54, 1.807) is 11.3 Å². The van der Waals surface area contributed by atoms with E-state index in [1.807, 2.05) is 16.5 Å². The van der Waals surface area contributed by atoms with E-state index in [0.29, 0.717) is 12.5 Å². The molecule has 0 saturated carbocycles. The van der Waals surface area contributed by atoms with Gasteiger partial charge in [-0.2, -0.15) is 0 Å². The van der Waals surface area contributed by atoms with Gasteiger partial charge in [0.1, 0.15) is 0 Å². The van der Waals surface area contributed by atoms with Crippen LogP contribution in [0.25, 0.3) is 0 Å². The number of nitrogens with zero attached hydrogens (tertiary/aromatic N) is 2. The third-order valence-corrected chi connectivity index (χ3v) is 5.72. The molecule has 1 saturated heterocycles. The molecule has 2 rings (SSSR count). The van der Waals surface area contributed by atoms with Gasteiger partial charge in [-0.3, -0.25) is 4.79 Å². The molecule has 20 heavy (non-hydrogen) atoms. The Morgan fingerprint density at radius 3 is 2.55 bits per heavy atom. The van der Waals surface area contributed by atoms with Crippen LogP contribution in [0.2, 0.25) is 0 Å². The molecule has 0 radical (unpaired) electrons. The van der Waals surface area contributed by atoms with Gasteiger partial charge in [-0.05, 0) is 25.7 Å². The fraction of sp³-hybridized carbons (Fsp3) is 0.733. The molecule has 1 fully saturated rings.